The van der Waals surface area contributed by atoms with Crippen LogP contribution < -0.4 is 0 Å². The first-order valence-corrected chi connectivity index (χ1v) is 9.13. The number of rotatable bonds is 5. The normalized spacial score (nSPS) is 14.2. The summed E-state index contributed by atoms with van der Waals surface area (Å²) in [4.78, 5) is 15.2. The van der Waals surface area contributed by atoms with Gasteiger partial charge >= 0.3 is 0 Å². The first-order chi connectivity index (χ1) is 12.9. The van der Waals surface area contributed by atoms with E-state index in [1.165, 1.54) is 13.1 Å². The summed E-state index contributed by atoms with van der Waals surface area (Å²) in [5, 5.41) is 11.4. The Balaban J connectivity index is 0.00000176. The zero-order valence-corrected chi connectivity index (χ0v) is 16.8. The fourth-order valence-corrected chi connectivity index (χ4v) is 2.61. The molecule has 27 heavy (non-hydrogen) atoms. The molecular weight excluding hydrogens is 372 g/mol. The lowest BCUT2D eigenvalue weighted by atomic mass is 10.1. The SMILES string of the molecule is CC.CC(=NC1=C(N(C)SF)C=CCC=C1[N+](=O)[O-])c1cccc(C)c1F. The summed E-state index contributed by atoms with van der Waals surface area (Å²) in [5.41, 5.74) is 0.953. The van der Waals surface area contributed by atoms with E-state index in [0.717, 1.165) is 4.31 Å². The van der Waals surface area contributed by atoms with Crippen LogP contribution >= 0.6 is 12.3 Å². The van der Waals surface area contributed by atoms with E-state index in [1.54, 1.807) is 44.2 Å². The maximum atomic E-state index is 14.3. The molecule has 0 aromatic heterocycles. The number of aryl methyl sites for hydroxylation is 1. The van der Waals surface area contributed by atoms with Crippen LogP contribution in [0.3, 0.4) is 0 Å². The van der Waals surface area contributed by atoms with Crippen molar-refractivity contribution >= 4 is 18.0 Å². The van der Waals surface area contributed by atoms with Crippen LogP contribution in [-0.2, 0) is 0 Å². The largest absolute Gasteiger partial charge is 0.293 e. The molecule has 0 spiro atoms. The lowest BCUT2D eigenvalue weighted by Gasteiger charge is -2.15. The Labute approximate surface area is 162 Å². The van der Waals surface area contributed by atoms with Crippen LogP contribution in [-0.4, -0.2) is 22.0 Å². The van der Waals surface area contributed by atoms with Gasteiger partial charge in [-0.15, -0.1) is 3.89 Å². The molecule has 0 amide bonds. The van der Waals surface area contributed by atoms with Gasteiger partial charge in [-0.1, -0.05) is 38.1 Å². The quantitative estimate of drug-likeness (QED) is 0.275. The molecule has 0 heterocycles. The van der Waals surface area contributed by atoms with Gasteiger partial charge in [0.25, 0.3) is 5.70 Å². The molecule has 1 aromatic rings. The minimum atomic E-state index is -0.567. The smallest absolute Gasteiger partial charge is 0.290 e. The van der Waals surface area contributed by atoms with Gasteiger partial charge in [-0.2, -0.15) is 0 Å². The highest BCUT2D eigenvalue weighted by Gasteiger charge is 2.25. The zero-order valence-electron chi connectivity index (χ0n) is 16.0. The number of nitrogens with zero attached hydrogens (tertiary/aromatic N) is 3. The molecular formula is C19H23F2N3O2S. The lowest BCUT2D eigenvalue weighted by molar-refractivity contribution is -0.421. The summed E-state index contributed by atoms with van der Waals surface area (Å²) in [7, 11) is 1.44. The number of halogens is 2. The van der Waals surface area contributed by atoms with Gasteiger partial charge in [-0.3, -0.25) is 14.4 Å². The summed E-state index contributed by atoms with van der Waals surface area (Å²) in [5.74, 6) is -0.435. The number of allylic oxidation sites excluding steroid dienone is 3. The second kappa shape index (κ2) is 10.6. The predicted molar refractivity (Wildman–Crippen MR) is 107 cm³/mol. The molecule has 1 aromatic carbocycles. The molecule has 2 rings (SSSR count). The Bertz CT molecular complexity index is 817. The summed E-state index contributed by atoms with van der Waals surface area (Å²) < 4.78 is 28.5. The van der Waals surface area contributed by atoms with Crippen LogP contribution in [0.5, 0.6) is 0 Å². The Morgan fingerprint density at radius 2 is 2.04 bits per heavy atom. The summed E-state index contributed by atoms with van der Waals surface area (Å²) in [6, 6.07) is 4.86. The third-order valence-electron chi connectivity index (χ3n) is 3.71. The van der Waals surface area contributed by atoms with Crippen molar-refractivity contribution < 1.29 is 13.2 Å². The van der Waals surface area contributed by atoms with Gasteiger partial charge in [0.1, 0.15) is 5.82 Å². The minimum absolute atomic E-state index is 0.00944. The first kappa shape index (κ1) is 22.6. The average molecular weight is 395 g/mol. The Kier molecular flexibility index (Phi) is 8.87. The van der Waals surface area contributed by atoms with Gasteiger partial charge in [0, 0.05) is 18.3 Å². The second-order valence-electron chi connectivity index (χ2n) is 5.42. The third kappa shape index (κ3) is 5.50. The zero-order chi connectivity index (χ0) is 20.6. The molecule has 0 radical (unpaired) electrons. The molecule has 0 atom stereocenters. The number of likely N-dealkylation sites (N-methyl/N-ethyl adjacent to an activating group) is 1. The van der Waals surface area contributed by atoms with Crippen LogP contribution in [0.15, 0.2) is 58.5 Å². The fourth-order valence-electron chi connectivity index (χ4n) is 2.39. The maximum absolute atomic E-state index is 14.3. The van der Waals surface area contributed by atoms with Crippen LogP contribution in [0.2, 0.25) is 0 Å². The number of aliphatic imine (C=N–C) groups is 1. The van der Waals surface area contributed by atoms with Crippen molar-refractivity contribution in [1.29, 1.82) is 0 Å². The van der Waals surface area contributed by atoms with Crippen molar-refractivity contribution in [2.45, 2.75) is 34.1 Å². The number of hydrogen-bond donors (Lipinski definition) is 0. The van der Waals surface area contributed by atoms with E-state index >= 15 is 0 Å². The standard InChI is InChI=1S/C17H17F2N3O2S.C2H6/c1-11-7-6-8-13(16(11)18)12(2)20-17-14(21(3)25-19)9-4-5-10-15(17)22(23)24;1-2/h4,6-10H,5H2,1-3H3;1-2H3. The van der Waals surface area contributed by atoms with Gasteiger partial charge in [0.15, 0.2) is 18.0 Å². The first-order valence-electron chi connectivity index (χ1n) is 8.45. The number of benzene rings is 1. The fraction of sp³-hybridized carbons (Fsp3) is 0.316. The van der Waals surface area contributed by atoms with E-state index in [9.17, 15) is 18.4 Å². The highest BCUT2D eigenvalue weighted by molar-refractivity contribution is 7.92. The molecule has 0 saturated carbocycles. The monoisotopic (exact) mass is 395 g/mol. The van der Waals surface area contributed by atoms with E-state index in [1.807, 2.05) is 13.8 Å². The average Bonchev–Trinajstić information content (AvgIpc) is 2.87. The van der Waals surface area contributed by atoms with Gasteiger partial charge < -0.3 is 0 Å². The molecule has 0 saturated heterocycles. The van der Waals surface area contributed by atoms with E-state index in [4.69, 9.17) is 0 Å². The summed E-state index contributed by atoms with van der Waals surface area (Å²) in [6.45, 7) is 7.19. The van der Waals surface area contributed by atoms with E-state index in [0.29, 0.717) is 12.0 Å². The molecule has 5 nitrogen and oxygen atoms in total. The minimum Gasteiger partial charge on any atom is -0.290 e. The highest BCUT2D eigenvalue weighted by Crippen LogP contribution is 2.29. The third-order valence-corrected chi connectivity index (χ3v) is 4.11. The maximum Gasteiger partial charge on any atom is 0.293 e. The molecule has 146 valence electrons. The molecule has 0 fully saturated rings. The summed E-state index contributed by atoms with van der Waals surface area (Å²) in [6.07, 6.45) is 4.97. The van der Waals surface area contributed by atoms with E-state index in [2.05, 4.69) is 4.99 Å². The topological polar surface area (TPSA) is 58.7 Å². The predicted octanol–water partition coefficient (Wildman–Crippen LogP) is 5.77. The Hall–Kier alpha value is -2.48. The number of hydrogen-bond acceptors (Lipinski definition) is 5. The van der Waals surface area contributed by atoms with Gasteiger partial charge in [-0.25, -0.2) is 9.38 Å². The molecule has 0 bridgehead atoms. The van der Waals surface area contributed by atoms with Crippen LogP contribution in [0.4, 0.5) is 8.28 Å². The highest BCUT2D eigenvalue weighted by atomic mass is 32.2. The van der Waals surface area contributed by atoms with Crippen molar-refractivity contribution in [2.24, 2.45) is 4.99 Å². The Morgan fingerprint density at radius 3 is 2.63 bits per heavy atom. The van der Waals surface area contributed by atoms with E-state index in [-0.39, 0.29) is 40.7 Å². The van der Waals surface area contributed by atoms with Crippen molar-refractivity contribution in [3.63, 3.8) is 0 Å². The van der Waals surface area contributed by atoms with Crippen molar-refractivity contribution in [1.82, 2.24) is 4.31 Å². The molecule has 0 aliphatic heterocycles. The molecule has 1 aliphatic rings. The molecule has 0 unspecified atom stereocenters. The molecule has 1 aliphatic carbocycles. The Morgan fingerprint density at radius 1 is 1.37 bits per heavy atom. The van der Waals surface area contributed by atoms with Crippen LogP contribution in [0.1, 0.15) is 38.3 Å². The van der Waals surface area contributed by atoms with Gasteiger partial charge in [0.05, 0.1) is 10.6 Å². The lowest BCUT2D eigenvalue weighted by Crippen LogP contribution is -2.13. The molecule has 8 heteroatoms. The van der Waals surface area contributed by atoms with Gasteiger partial charge in [0.2, 0.25) is 0 Å². The van der Waals surface area contributed by atoms with Gasteiger partial charge in [-0.05, 0) is 38.0 Å². The number of nitro groups is 1. The van der Waals surface area contributed by atoms with Crippen molar-refractivity contribution in [3.8, 4) is 0 Å². The molecule has 0 N–H and O–H groups in total. The second-order valence-corrected chi connectivity index (χ2v) is 6.10. The van der Waals surface area contributed by atoms with Crippen LogP contribution in [0, 0.1) is 22.9 Å². The van der Waals surface area contributed by atoms with Crippen LogP contribution in [0.25, 0.3) is 0 Å². The van der Waals surface area contributed by atoms with Crippen molar-refractivity contribution in [3.05, 3.63) is 80.6 Å². The summed E-state index contributed by atoms with van der Waals surface area (Å²) >= 11 is -0.0824. The van der Waals surface area contributed by atoms with Crippen molar-refractivity contribution in [2.75, 3.05) is 7.05 Å². The van der Waals surface area contributed by atoms with E-state index < -0.39 is 10.7 Å².